The number of morpholine rings is 1. The van der Waals surface area contributed by atoms with Gasteiger partial charge in [0.15, 0.2) is 11.5 Å². The van der Waals surface area contributed by atoms with Crippen LogP contribution in [0.5, 0.6) is 11.5 Å². The number of nitrogens with one attached hydrogen (secondary N) is 1. The average molecular weight is 400 g/mol. The number of methoxy groups -OCH3 is 1. The van der Waals surface area contributed by atoms with Crippen LogP contribution in [0.4, 0.5) is 11.4 Å². The van der Waals surface area contributed by atoms with Crippen molar-refractivity contribution in [3.63, 3.8) is 0 Å². The minimum atomic E-state index is -1.18. The van der Waals surface area contributed by atoms with Crippen LogP contribution in [0.25, 0.3) is 0 Å². The zero-order valence-electron chi connectivity index (χ0n) is 16.4. The van der Waals surface area contributed by atoms with E-state index in [0.29, 0.717) is 24.5 Å². The van der Waals surface area contributed by atoms with Gasteiger partial charge < -0.3 is 29.5 Å². The van der Waals surface area contributed by atoms with Crippen molar-refractivity contribution in [2.75, 3.05) is 43.6 Å². The Labute approximate surface area is 169 Å². The summed E-state index contributed by atoms with van der Waals surface area (Å²) in [5.41, 5.74) is 2.01. The van der Waals surface area contributed by atoms with E-state index in [-0.39, 0.29) is 11.5 Å². The van der Waals surface area contributed by atoms with Crippen molar-refractivity contribution >= 4 is 23.3 Å². The van der Waals surface area contributed by atoms with Crippen molar-refractivity contribution in [3.8, 4) is 11.5 Å². The summed E-state index contributed by atoms with van der Waals surface area (Å²) in [6, 6.07) is 11.8. The molecule has 3 rings (SSSR count). The van der Waals surface area contributed by atoms with Gasteiger partial charge in [0.05, 0.1) is 20.3 Å². The molecule has 1 heterocycles. The van der Waals surface area contributed by atoms with E-state index in [1.54, 1.807) is 12.1 Å². The summed E-state index contributed by atoms with van der Waals surface area (Å²) in [6.07, 6.45) is -1.18. The fraction of sp³-hybridized carbons (Fsp3) is 0.333. The standard InChI is InChI=1S/C21H24N2O6/c1-14(24)29-20(15-3-8-18(25)19(13-15)27-2)21(26)22-16-4-6-17(7-5-16)23-9-11-28-12-10-23/h3-8,13,20,25H,9-12H2,1-2H3,(H,22,26). The van der Waals surface area contributed by atoms with E-state index >= 15 is 0 Å². The molecule has 2 aromatic carbocycles. The first kappa shape index (κ1) is 20.5. The van der Waals surface area contributed by atoms with Crippen LogP contribution in [0.3, 0.4) is 0 Å². The SMILES string of the molecule is COc1cc(C(OC(C)=O)C(=O)Nc2ccc(N3CCOCC3)cc2)ccc1O. The summed E-state index contributed by atoms with van der Waals surface area (Å²) >= 11 is 0. The van der Waals surface area contributed by atoms with Gasteiger partial charge in [-0.1, -0.05) is 6.07 Å². The third-order valence-electron chi connectivity index (χ3n) is 4.54. The highest BCUT2D eigenvalue weighted by molar-refractivity contribution is 5.96. The monoisotopic (exact) mass is 400 g/mol. The van der Waals surface area contributed by atoms with Gasteiger partial charge in [-0.2, -0.15) is 0 Å². The predicted molar refractivity (Wildman–Crippen MR) is 107 cm³/mol. The summed E-state index contributed by atoms with van der Waals surface area (Å²) in [4.78, 5) is 26.5. The Balaban J connectivity index is 1.75. The first-order chi connectivity index (χ1) is 14.0. The molecule has 1 atom stereocenters. The van der Waals surface area contributed by atoms with Crippen molar-refractivity contribution in [2.24, 2.45) is 0 Å². The van der Waals surface area contributed by atoms with Gasteiger partial charge >= 0.3 is 5.97 Å². The number of aromatic hydroxyl groups is 1. The Hall–Kier alpha value is -3.26. The molecule has 2 N–H and O–H groups in total. The molecule has 2 aromatic rings. The lowest BCUT2D eigenvalue weighted by Gasteiger charge is -2.29. The minimum Gasteiger partial charge on any atom is -0.504 e. The second-order valence-electron chi connectivity index (χ2n) is 6.56. The average Bonchev–Trinajstić information content (AvgIpc) is 2.73. The van der Waals surface area contributed by atoms with E-state index in [2.05, 4.69) is 10.2 Å². The van der Waals surface area contributed by atoms with Crippen LogP contribution in [-0.4, -0.2) is 50.4 Å². The van der Waals surface area contributed by atoms with Crippen LogP contribution >= 0.6 is 0 Å². The largest absolute Gasteiger partial charge is 0.504 e. The summed E-state index contributed by atoms with van der Waals surface area (Å²) in [6.45, 7) is 4.26. The molecule has 0 spiro atoms. The molecule has 0 aromatic heterocycles. The van der Waals surface area contributed by atoms with Gasteiger partial charge in [-0.15, -0.1) is 0 Å². The number of benzene rings is 2. The molecule has 1 aliphatic rings. The number of nitrogens with zero attached hydrogens (tertiary/aromatic N) is 1. The third kappa shape index (κ3) is 5.17. The highest BCUT2D eigenvalue weighted by Gasteiger charge is 2.25. The molecule has 154 valence electrons. The molecule has 1 saturated heterocycles. The van der Waals surface area contributed by atoms with Crippen LogP contribution in [-0.2, 0) is 19.1 Å². The number of anilines is 2. The number of phenols is 1. The molecule has 0 bridgehead atoms. The quantitative estimate of drug-likeness (QED) is 0.719. The third-order valence-corrected chi connectivity index (χ3v) is 4.54. The molecule has 1 unspecified atom stereocenters. The van der Waals surface area contributed by atoms with Crippen LogP contribution < -0.4 is 15.0 Å². The molecule has 8 nitrogen and oxygen atoms in total. The van der Waals surface area contributed by atoms with Gasteiger partial charge in [0.1, 0.15) is 0 Å². The summed E-state index contributed by atoms with van der Waals surface area (Å²) < 4.78 is 15.6. The van der Waals surface area contributed by atoms with Crippen LogP contribution in [0.2, 0.25) is 0 Å². The molecular formula is C21H24N2O6. The molecule has 1 fully saturated rings. The highest BCUT2D eigenvalue weighted by atomic mass is 16.5. The number of carbonyl (C=O) groups excluding carboxylic acids is 2. The van der Waals surface area contributed by atoms with Gasteiger partial charge in [0.2, 0.25) is 6.10 Å². The number of hydrogen-bond donors (Lipinski definition) is 2. The van der Waals surface area contributed by atoms with Crippen molar-refractivity contribution in [3.05, 3.63) is 48.0 Å². The zero-order chi connectivity index (χ0) is 20.8. The maximum atomic E-state index is 12.8. The lowest BCUT2D eigenvalue weighted by Crippen LogP contribution is -2.36. The molecule has 29 heavy (non-hydrogen) atoms. The summed E-state index contributed by atoms with van der Waals surface area (Å²) in [5.74, 6) is -0.994. The maximum absolute atomic E-state index is 12.8. The fourth-order valence-corrected chi connectivity index (χ4v) is 3.08. The Kier molecular flexibility index (Phi) is 6.56. The van der Waals surface area contributed by atoms with E-state index in [9.17, 15) is 14.7 Å². The van der Waals surface area contributed by atoms with E-state index in [1.807, 2.05) is 12.1 Å². The van der Waals surface area contributed by atoms with Gasteiger partial charge in [-0.3, -0.25) is 9.59 Å². The second kappa shape index (κ2) is 9.29. The first-order valence-electron chi connectivity index (χ1n) is 9.25. The number of rotatable bonds is 6. The van der Waals surface area contributed by atoms with E-state index in [0.717, 1.165) is 18.8 Å². The van der Waals surface area contributed by atoms with Gasteiger partial charge in [-0.25, -0.2) is 0 Å². The highest BCUT2D eigenvalue weighted by Crippen LogP contribution is 2.31. The normalized spacial score (nSPS) is 14.8. The van der Waals surface area contributed by atoms with Crippen LogP contribution in [0, 0.1) is 0 Å². The molecule has 0 radical (unpaired) electrons. The molecule has 1 aliphatic heterocycles. The minimum absolute atomic E-state index is 0.0723. The number of ether oxygens (including phenoxy) is 3. The van der Waals surface area contributed by atoms with Crippen molar-refractivity contribution in [1.29, 1.82) is 0 Å². The smallest absolute Gasteiger partial charge is 0.303 e. The predicted octanol–water partition coefficient (Wildman–Crippen LogP) is 2.48. The Morgan fingerprint density at radius 1 is 1.14 bits per heavy atom. The van der Waals surface area contributed by atoms with Gasteiger partial charge in [0.25, 0.3) is 5.91 Å². The molecule has 0 saturated carbocycles. The second-order valence-corrected chi connectivity index (χ2v) is 6.56. The topological polar surface area (TPSA) is 97.3 Å². The van der Waals surface area contributed by atoms with Crippen molar-refractivity contribution in [1.82, 2.24) is 0 Å². The number of carbonyl (C=O) groups is 2. The Morgan fingerprint density at radius 2 is 1.83 bits per heavy atom. The first-order valence-corrected chi connectivity index (χ1v) is 9.25. The van der Waals surface area contributed by atoms with Crippen LogP contribution in [0.15, 0.2) is 42.5 Å². The van der Waals surface area contributed by atoms with Crippen molar-refractivity contribution in [2.45, 2.75) is 13.0 Å². The molecule has 0 aliphatic carbocycles. The molecule has 8 heteroatoms. The van der Waals surface area contributed by atoms with Crippen LogP contribution in [0.1, 0.15) is 18.6 Å². The van der Waals surface area contributed by atoms with E-state index in [1.165, 1.54) is 32.2 Å². The number of hydrogen-bond acceptors (Lipinski definition) is 7. The fourth-order valence-electron chi connectivity index (χ4n) is 3.08. The number of esters is 1. The maximum Gasteiger partial charge on any atom is 0.303 e. The zero-order valence-corrected chi connectivity index (χ0v) is 16.4. The van der Waals surface area contributed by atoms with Gasteiger partial charge in [0, 0.05) is 37.0 Å². The van der Waals surface area contributed by atoms with Crippen molar-refractivity contribution < 1.29 is 28.9 Å². The lowest BCUT2D eigenvalue weighted by atomic mass is 10.1. The van der Waals surface area contributed by atoms with E-state index < -0.39 is 18.0 Å². The number of phenolic OH excluding ortho intramolecular Hbond substituents is 1. The summed E-state index contributed by atoms with van der Waals surface area (Å²) in [7, 11) is 1.40. The van der Waals surface area contributed by atoms with E-state index in [4.69, 9.17) is 14.2 Å². The van der Waals surface area contributed by atoms with Gasteiger partial charge in [-0.05, 0) is 36.4 Å². The Morgan fingerprint density at radius 3 is 2.45 bits per heavy atom. The molecular weight excluding hydrogens is 376 g/mol. The lowest BCUT2D eigenvalue weighted by molar-refractivity contribution is -0.152. The molecule has 1 amide bonds. The number of amides is 1. The summed E-state index contributed by atoms with van der Waals surface area (Å²) in [5, 5.41) is 12.5. The Bertz CT molecular complexity index is 862.